The molecular formula is C84H60BBrN8O6. The minimum Gasteiger partial charge on any atom is -0.456 e. The minimum absolute atomic E-state index is 0.0122. The summed E-state index contributed by atoms with van der Waals surface area (Å²) < 4.78 is 25.1. The lowest BCUT2D eigenvalue weighted by Crippen LogP contribution is -2.41. The zero-order valence-electron chi connectivity index (χ0n) is 54.7. The topological polar surface area (TPSA) is 182 Å². The van der Waals surface area contributed by atoms with Crippen LogP contribution in [0.25, 0.3) is 146 Å². The van der Waals surface area contributed by atoms with Gasteiger partial charge in [-0.2, -0.15) is 0 Å². The predicted molar refractivity (Wildman–Crippen MR) is 401 cm³/mol. The summed E-state index contributed by atoms with van der Waals surface area (Å²) in [5, 5.41) is 2.37. The van der Waals surface area contributed by atoms with Crippen LogP contribution in [0.4, 0.5) is 0 Å². The van der Waals surface area contributed by atoms with Crippen LogP contribution < -0.4 is 16.3 Å². The van der Waals surface area contributed by atoms with Gasteiger partial charge in [0.1, 0.15) is 22.3 Å². The molecule has 1 aliphatic rings. The van der Waals surface area contributed by atoms with E-state index in [1.54, 1.807) is 55.1 Å². The van der Waals surface area contributed by atoms with Crippen LogP contribution in [0.5, 0.6) is 0 Å². The summed E-state index contributed by atoms with van der Waals surface area (Å²) in [6.07, 6.45) is 7.00. The van der Waals surface area contributed by atoms with Crippen LogP contribution in [-0.2, 0) is 9.31 Å². The molecule has 17 rings (SSSR count). The van der Waals surface area contributed by atoms with E-state index in [1.165, 1.54) is 0 Å². The van der Waals surface area contributed by atoms with Crippen molar-refractivity contribution in [2.45, 2.75) is 38.9 Å². The number of pyridine rings is 2. The predicted octanol–water partition coefficient (Wildman–Crippen LogP) is 18.8. The third-order valence-corrected chi connectivity index (χ3v) is 18.3. The first-order chi connectivity index (χ1) is 48.7. The number of para-hydroxylation sites is 2. The molecule has 0 saturated carbocycles. The van der Waals surface area contributed by atoms with Gasteiger partial charge in [0.05, 0.1) is 32.7 Å². The van der Waals surface area contributed by atoms with Gasteiger partial charge in [-0.3, -0.25) is 19.6 Å². The number of hydrogen-bond acceptors (Lipinski definition) is 14. The highest BCUT2D eigenvalue weighted by Crippen LogP contribution is 2.38. The maximum atomic E-state index is 13.2. The fourth-order valence-electron chi connectivity index (χ4n) is 11.8. The summed E-state index contributed by atoms with van der Waals surface area (Å²) >= 11 is 3.35. The number of benzene rings is 10. The molecule has 1 saturated heterocycles. The van der Waals surface area contributed by atoms with Crippen molar-refractivity contribution in [2.24, 2.45) is 0 Å². The van der Waals surface area contributed by atoms with Crippen molar-refractivity contribution >= 4 is 72.4 Å². The fourth-order valence-corrected chi connectivity index (χ4v) is 12.2. The lowest BCUT2D eigenvalue weighted by Gasteiger charge is -2.32. The molecule has 16 aromatic rings. The maximum absolute atomic E-state index is 13.2. The van der Waals surface area contributed by atoms with E-state index in [4.69, 9.17) is 48.0 Å². The normalized spacial score (nSPS) is 13.0. The summed E-state index contributed by atoms with van der Waals surface area (Å²) in [6, 6.07) is 86.5. The van der Waals surface area contributed by atoms with Crippen LogP contribution >= 0.6 is 15.9 Å². The van der Waals surface area contributed by atoms with E-state index in [-0.39, 0.29) is 22.1 Å². The van der Waals surface area contributed by atoms with Gasteiger partial charge in [-0.05, 0) is 151 Å². The lowest BCUT2D eigenvalue weighted by molar-refractivity contribution is 0.00578. The second-order valence-electron chi connectivity index (χ2n) is 25.0. The Morgan fingerprint density at radius 3 is 1.11 bits per heavy atom. The Balaban J connectivity index is 0.000000134. The monoisotopic (exact) mass is 1370 g/mol. The molecule has 6 aromatic heterocycles. The standard InChI is InChI=1S/C39H24N4O2.C32H29BN4O2.C13H7BrO2/c44-36-32-13-4-5-14-34(32)45-35-20-19-30(23-33(35)36)29-11-6-10-28(22-29)25-15-17-27(18-16-25)38-41-37(26-8-2-1-3-9-26)42-39(43-38)31-12-7-21-40-24-31;1-31(2)32(3,4)39-33(38-31)27-14-8-12-25(20-27)22-15-17-24(18-16-22)29-35-28(23-10-6-5-7-11-23)36-30(37-29)26-13-9-19-34-21-26;14-8-5-6-12-10(7-8)13(15)9-3-1-2-4-11(9)16-12/h1-24H;5-21H,1-4H3;1-7H. The highest BCUT2D eigenvalue weighted by Gasteiger charge is 2.51. The molecule has 16 heteroatoms. The first-order valence-corrected chi connectivity index (χ1v) is 33.3. The third kappa shape index (κ3) is 13.4. The van der Waals surface area contributed by atoms with Gasteiger partial charge < -0.3 is 18.1 Å². The lowest BCUT2D eigenvalue weighted by atomic mass is 9.78. The number of aromatic nitrogens is 8. The molecule has 0 aliphatic carbocycles. The van der Waals surface area contributed by atoms with E-state index in [0.717, 1.165) is 76.7 Å². The van der Waals surface area contributed by atoms with Crippen molar-refractivity contribution in [1.82, 2.24) is 39.9 Å². The van der Waals surface area contributed by atoms with Gasteiger partial charge in [0.15, 0.2) is 34.9 Å². The first kappa shape index (κ1) is 63.9. The molecule has 1 aliphatic heterocycles. The quantitative estimate of drug-likeness (QED) is 0.0931. The van der Waals surface area contributed by atoms with Gasteiger partial charge in [-0.15, -0.1) is 0 Å². The molecule has 0 bridgehead atoms. The molecule has 0 N–H and O–H groups in total. The fraction of sp³-hybridized carbons (Fsp3) is 0.0714. The molecule has 482 valence electrons. The highest BCUT2D eigenvalue weighted by molar-refractivity contribution is 9.10. The number of nitrogens with zero attached hydrogens (tertiary/aromatic N) is 8. The Labute approximate surface area is 584 Å². The molecule has 10 aromatic carbocycles. The van der Waals surface area contributed by atoms with Crippen LogP contribution in [0.2, 0.25) is 0 Å². The molecule has 100 heavy (non-hydrogen) atoms. The number of fused-ring (bicyclic) bond motifs is 4. The number of rotatable bonds is 10. The molecule has 0 amide bonds. The highest BCUT2D eigenvalue weighted by atomic mass is 79.9. The second-order valence-corrected chi connectivity index (χ2v) is 25.9. The minimum atomic E-state index is -0.401. The smallest absolute Gasteiger partial charge is 0.456 e. The Kier molecular flexibility index (Phi) is 17.5. The van der Waals surface area contributed by atoms with Gasteiger partial charge in [-0.1, -0.05) is 198 Å². The van der Waals surface area contributed by atoms with Crippen LogP contribution in [0.3, 0.4) is 0 Å². The zero-order chi connectivity index (χ0) is 68.3. The Morgan fingerprint density at radius 2 is 0.640 bits per heavy atom. The summed E-state index contributed by atoms with van der Waals surface area (Å²) in [5.74, 6) is 3.59. The van der Waals surface area contributed by atoms with Crippen LogP contribution in [-0.4, -0.2) is 58.2 Å². The zero-order valence-corrected chi connectivity index (χ0v) is 56.3. The van der Waals surface area contributed by atoms with Crippen molar-refractivity contribution in [2.75, 3.05) is 0 Å². The average Bonchev–Trinajstić information content (AvgIpc) is 1.71. The van der Waals surface area contributed by atoms with E-state index in [9.17, 15) is 9.59 Å². The molecule has 0 radical (unpaired) electrons. The van der Waals surface area contributed by atoms with Gasteiger partial charge in [0, 0.05) is 62.6 Å². The second kappa shape index (κ2) is 27.4. The van der Waals surface area contributed by atoms with E-state index in [0.29, 0.717) is 78.8 Å². The Hall–Kier alpha value is -12.1. The van der Waals surface area contributed by atoms with Gasteiger partial charge >= 0.3 is 7.12 Å². The van der Waals surface area contributed by atoms with Gasteiger partial charge in [0.25, 0.3) is 0 Å². The maximum Gasteiger partial charge on any atom is 0.494 e. The van der Waals surface area contributed by atoms with E-state index >= 15 is 0 Å². The molecule has 14 nitrogen and oxygen atoms in total. The van der Waals surface area contributed by atoms with E-state index in [2.05, 4.69) is 114 Å². The van der Waals surface area contributed by atoms with E-state index < -0.39 is 7.12 Å². The number of hydrogen-bond donors (Lipinski definition) is 0. The first-order valence-electron chi connectivity index (χ1n) is 32.5. The van der Waals surface area contributed by atoms with Gasteiger partial charge in [0.2, 0.25) is 10.9 Å². The number of halogens is 1. The Bertz CT molecular complexity index is 5680. The van der Waals surface area contributed by atoms with Crippen molar-refractivity contribution in [1.29, 1.82) is 0 Å². The van der Waals surface area contributed by atoms with Crippen LogP contribution in [0, 0.1) is 0 Å². The summed E-state index contributed by atoms with van der Waals surface area (Å²) in [7, 11) is -0.401. The average molecular weight is 1370 g/mol. The molecule has 0 unspecified atom stereocenters. The molecule has 0 spiro atoms. The SMILES string of the molecule is CC1(C)OB(c2cccc(-c3ccc(-c4nc(-c5ccccc5)nc(-c5cccnc5)n4)cc3)c2)OC1(C)C.O=c1c2ccccc2oc2ccc(-c3cccc(-c4ccc(-c5nc(-c6ccccc6)nc(-c6cccnc6)n5)cc4)c3)cc12.O=c1c2ccccc2oc2ccc(Br)cc12. The molecular weight excluding hydrogens is 1310 g/mol. The van der Waals surface area contributed by atoms with Crippen molar-refractivity contribution < 1.29 is 18.1 Å². The largest absolute Gasteiger partial charge is 0.494 e. The molecule has 1 fully saturated rings. The molecule has 7 heterocycles. The Morgan fingerprint density at radius 1 is 0.300 bits per heavy atom. The molecule has 0 atom stereocenters. The van der Waals surface area contributed by atoms with Crippen LogP contribution in [0.15, 0.2) is 315 Å². The van der Waals surface area contributed by atoms with E-state index in [1.807, 2.05) is 176 Å². The van der Waals surface area contributed by atoms with Crippen LogP contribution in [0.1, 0.15) is 27.7 Å². The van der Waals surface area contributed by atoms with Crippen molar-refractivity contribution in [3.63, 3.8) is 0 Å². The summed E-state index contributed by atoms with van der Waals surface area (Å²) in [4.78, 5) is 62.7. The summed E-state index contributed by atoms with van der Waals surface area (Å²) in [6.45, 7) is 8.28. The van der Waals surface area contributed by atoms with Crippen molar-refractivity contribution in [3.8, 4) is 102 Å². The third-order valence-electron chi connectivity index (χ3n) is 17.8. The summed E-state index contributed by atoms with van der Waals surface area (Å²) in [5.41, 5.74) is 14.2. The van der Waals surface area contributed by atoms with Gasteiger partial charge in [-0.25, -0.2) is 29.9 Å². The van der Waals surface area contributed by atoms with Crippen molar-refractivity contribution in [3.05, 3.63) is 317 Å².